The molecule has 0 aromatic heterocycles. The van der Waals surface area contributed by atoms with Crippen LogP contribution in [0.3, 0.4) is 0 Å². The summed E-state index contributed by atoms with van der Waals surface area (Å²) in [4.78, 5) is 14.4. The highest BCUT2D eigenvalue weighted by Gasteiger charge is 2.25. The fourth-order valence-electron chi connectivity index (χ4n) is 3.30. The summed E-state index contributed by atoms with van der Waals surface area (Å²) in [5, 5.41) is 6.39. The third kappa shape index (κ3) is 5.61. The van der Waals surface area contributed by atoms with Crippen molar-refractivity contribution < 1.29 is 14.3 Å². The van der Waals surface area contributed by atoms with Crippen molar-refractivity contribution in [1.29, 1.82) is 0 Å². The van der Waals surface area contributed by atoms with Crippen molar-refractivity contribution in [3.05, 3.63) is 23.8 Å². The lowest BCUT2D eigenvalue weighted by atomic mass is 10.2. The van der Waals surface area contributed by atoms with E-state index in [1.807, 2.05) is 18.2 Å². The molecule has 138 valence electrons. The molecule has 1 saturated carbocycles. The molecule has 1 heterocycles. The SMILES string of the molecule is COc1cc(CN2CCC(NC(=O)CNCC3CC3)C2)cc(OC)c1. The molecule has 1 aromatic carbocycles. The molecule has 2 fully saturated rings. The number of amides is 1. The lowest BCUT2D eigenvalue weighted by molar-refractivity contribution is -0.120. The number of hydrogen-bond donors (Lipinski definition) is 2. The summed E-state index contributed by atoms with van der Waals surface area (Å²) < 4.78 is 10.7. The molecule has 1 aliphatic heterocycles. The summed E-state index contributed by atoms with van der Waals surface area (Å²) in [5.74, 6) is 2.52. The van der Waals surface area contributed by atoms with E-state index in [9.17, 15) is 4.79 Å². The van der Waals surface area contributed by atoms with Gasteiger partial charge in [-0.3, -0.25) is 9.69 Å². The molecular weight excluding hydrogens is 318 g/mol. The Morgan fingerprint density at radius 2 is 1.88 bits per heavy atom. The molecule has 1 amide bonds. The first-order valence-corrected chi connectivity index (χ1v) is 9.10. The predicted octanol–water partition coefficient (Wildman–Crippen LogP) is 1.39. The predicted molar refractivity (Wildman–Crippen MR) is 97.0 cm³/mol. The van der Waals surface area contributed by atoms with Gasteiger partial charge in [-0.1, -0.05) is 0 Å². The van der Waals surface area contributed by atoms with E-state index >= 15 is 0 Å². The number of likely N-dealkylation sites (tertiary alicyclic amines) is 1. The van der Waals surface area contributed by atoms with Crippen LogP contribution in [0.25, 0.3) is 0 Å². The van der Waals surface area contributed by atoms with Gasteiger partial charge in [-0.2, -0.15) is 0 Å². The Bertz CT molecular complexity index is 567. The fourth-order valence-corrected chi connectivity index (χ4v) is 3.30. The zero-order valence-electron chi connectivity index (χ0n) is 15.2. The van der Waals surface area contributed by atoms with Crippen molar-refractivity contribution in [2.24, 2.45) is 5.92 Å². The standard InChI is InChI=1S/C19H29N3O3/c1-24-17-7-15(8-18(9-17)25-2)12-22-6-5-16(13-22)21-19(23)11-20-10-14-3-4-14/h7-9,14,16,20H,3-6,10-13H2,1-2H3,(H,21,23). The zero-order chi connectivity index (χ0) is 17.6. The van der Waals surface area contributed by atoms with Crippen molar-refractivity contribution in [3.63, 3.8) is 0 Å². The minimum Gasteiger partial charge on any atom is -0.497 e. The van der Waals surface area contributed by atoms with Crippen LogP contribution in [0, 0.1) is 5.92 Å². The Hall–Kier alpha value is -1.79. The van der Waals surface area contributed by atoms with Gasteiger partial charge in [0, 0.05) is 31.7 Å². The van der Waals surface area contributed by atoms with Crippen LogP contribution in [-0.4, -0.2) is 57.2 Å². The molecule has 0 bridgehead atoms. The molecule has 1 unspecified atom stereocenters. The third-order valence-electron chi connectivity index (χ3n) is 4.87. The lowest BCUT2D eigenvalue weighted by Gasteiger charge is -2.18. The molecule has 3 rings (SSSR count). The first kappa shape index (κ1) is 18.0. The Kier molecular flexibility index (Phi) is 6.15. The molecule has 1 saturated heterocycles. The molecular formula is C19H29N3O3. The van der Waals surface area contributed by atoms with Gasteiger partial charge in [0.1, 0.15) is 11.5 Å². The molecule has 6 heteroatoms. The van der Waals surface area contributed by atoms with Crippen LogP contribution in [0.5, 0.6) is 11.5 Å². The molecule has 1 aromatic rings. The average Bonchev–Trinajstić information content (AvgIpc) is 3.34. The second kappa shape index (κ2) is 8.54. The van der Waals surface area contributed by atoms with E-state index in [4.69, 9.17) is 9.47 Å². The van der Waals surface area contributed by atoms with Gasteiger partial charge >= 0.3 is 0 Å². The molecule has 2 aliphatic rings. The number of ether oxygens (including phenoxy) is 2. The summed E-state index contributed by atoms with van der Waals surface area (Å²) in [6.45, 7) is 4.11. The number of nitrogens with one attached hydrogen (secondary N) is 2. The summed E-state index contributed by atoms with van der Waals surface area (Å²) in [7, 11) is 3.33. The zero-order valence-corrected chi connectivity index (χ0v) is 15.2. The number of rotatable bonds is 9. The monoisotopic (exact) mass is 347 g/mol. The van der Waals surface area contributed by atoms with Gasteiger partial charge in [-0.05, 0) is 49.4 Å². The van der Waals surface area contributed by atoms with Crippen LogP contribution in [0.1, 0.15) is 24.8 Å². The van der Waals surface area contributed by atoms with E-state index in [0.717, 1.165) is 55.6 Å². The molecule has 0 spiro atoms. The van der Waals surface area contributed by atoms with Crippen molar-refractivity contribution in [1.82, 2.24) is 15.5 Å². The molecule has 0 radical (unpaired) electrons. The smallest absolute Gasteiger partial charge is 0.234 e. The van der Waals surface area contributed by atoms with E-state index in [-0.39, 0.29) is 11.9 Å². The van der Waals surface area contributed by atoms with Crippen molar-refractivity contribution in [3.8, 4) is 11.5 Å². The van der Waals surface area contributed by atoms with E-state index < -0.39 is 0 Å². The maximum absolute atomic E-state index is 12.0. The van der Waals surface area contributed by atoms with Crippen LogP contribution >= 0.6 is 0 Å². The van der Waals surface area contributed by atoms with Crippen LogP contribution in [-0.2, 0) is 11.3 Å². The van der Waals surface area contributed by atoms with Gasteiger partial charge in [0.2, 0.25) is 5.91 Å². The average molecular weight is 347 g/mol. The Labute approximate surface area is 149 Å². The number of carbonyl (C=O) groups is 1. The normalized spacial score (nSPS) is 20.5. The third-order valence-corrected chi connectivity index (χ3v) is 4.87. The van der Waals surface area contributed by atoms with Crippen LogP contribution in [0.15, 0.2) is 18.2 Å². The Morgan fingerprint density at radius 1 is 1.16 bits per heavy atom. The minimum absolute atomic E-state index is 0.107. The molecule has 2 N–H and O–H groups in total. The number of nitrogens with zero attached hydrogens (tertiary/aromatic N) is 1. The number of carbonyl (C=O) groups excluding carboxylic acids is 1. The van der Waals surface area contributed by atoms with Crippen LogP contribution < -0.4 is 20.1 Å². The lowest BCUT2D eigenvalue weighted by Crippen LogP contribution is -2.42. The Balaban J connectivity index is 1.43. The van der Waals surface area contributed by atoms with E-state index in [1.54, 1.807) is 14.2 Å². The summed E-state index contributed by atoms with van der Waals surface area (Å²) >= 11 is 0. The second-order valence-electron chi connectivity index (χ2n) is 7.08. The maximum atomic E-state index is 12.0. The highest BCUT2D eigenvalue weighted by Crippen LogP contribution is 2.27. The highest BCUT2D eigenvalue weighted by atomic mass is 16.5. The van der Waals surface area contributed by atoms with Crippen LogP contribution in [0.2, 0.25) is 0 Å². The minimum atomic E-state index is 0.107. The molecule has 1 atom stereocenters. The number of methoxy groups -OCH3 is 2. The van der Waals surface area contributed by atoms with Gasteiger partial charge in [0.25, 0.3) is 0 Å². The Morgan fingerprint density at radius 3 is 2.52 bits per heavy atom. The van der Waals surface area contributed by atoms with Gasteiger partial charge in [-0.25, -0.2) is 0 Å². The molecule has 25 heavy (non-hydrogen) atoms. The second-order valence-corrected chi connectivity index (χ2v) is 7.08. The number of hydrogen-bond acceptors (Lipinski definition) is 5. The van der Waals surface area contributed by atoms with Gasteiger partial charge in [-0.15, -0.1) is 0 Å². The summed E-state index contributed by atoms with van der Waals surface area (Å²) in [6.07, 6.45) is 3.61. The molecule has 1 aliphatic carbocycles. The highest BCUT2D eigenvalue weighted by molar-refractivity contribution is 5.78. The largest absolute Gasteiger partial charge is 0.497 e. The van der Waals surface area contributed by atoms with Gasteiger partial charge < -0.3 is 20.1 Å². The number of benzene rings is 1. The topological polar surface area (TPSA) is 62.8 Å². The van der Waals surface area contributed by atoms with E-state index in [2.05, 4.69) is 15.5 Å². The van der Waals surface area contributed by atoms with Crippen molar-refractivity contribution in [2.75, 3.05) is 40.4 Å². The summed E-state index contributed by atoms with van der Waals surface area (Å²) in [6, 6.07) is 6.19. The van der Waals surface area contributed by atoms with Crippen molar-refractivity contribution in [2.45, 2.75) is 31.8 Å². The fraction of sp³-hybridized carbons (Fsp3) is 0.632. The summed E-state index contributed by atoms with van der Waals surface area (Å²) in [5.41, 5.74) is 1.16. The first-order chi connectivity index (χ1) is 12.2. The van der Waals surface area contributed by atoms with Gasteiger partial charge in [0.15, 0.2) is 0 Å². The quantitative estimate of drug-likeness (QED) is 0.707. The van der Waals surface area contributed by atoms with Gasteiger partial charge in [0.05, 0.1) is 20.8 Å². The van der Waals surface area contributed by atoms with E-state index in [0.29, 0.717) is 6.54 Å². The maximum Gasteiger partial charge on any atom is 0.234 e. The first-order valence-electron chi connectivity index (χ1n) is 9.10. The van der Waals surface area contributed by atoms with E-state index in [1.165, 1.54) is 12.8 Å². The van der Waals surface area contributed by atoms with Crippen LogP contribution in [0.4, 0.5) is 0 Å². The molecule has 6 nitrogen and oxygen atoms in total. The van der Waals surface area contributed by atoms with Crippen molar-refractivity contribution >= 4 is 5.91 Å².